The molecule has 0 N–H and O–H groups in total. The Hall–Kier alpha value is 0.429. The molecule has 2 radical (unpaired) electrons. The summed E-state index contributed by atoms with van der Waals surface area (Å²) in [6, 6.07) is 0. The molecule has 1 heterocycles. The minimum absolute atomic E-state index is 0.247. The third-order valence-electron chi connectivity index (χ3n) is 1.55. The molecule has 0 bridgehead atoms. The van der Waals surface area contributed by atoms with Crippen molar-refractivity contribution in [1.29, 1.82) is 0 Å². The number of aryl methyl sites for hydroxylation is 1. The van der Waals surface area contributed by atoms with Gasteiger partial charge in [0.05, 0.1) is 0 Å². The summed E-state index contributed by atoms with van der Waals surface area (Å²) in [7, 11) is 0. The predicted octanol–water partition coefficient (Wildman–Crippen LogP) is 1.86. The van der Waals surface area contributed by atoms with E-state index in [0.29, 0.717) is 0 Å². The molecule has 0 aliphatic heterocycles. The molecule has 1 rings (SSSR count). The van der Waals surface area contributed by atoms with E-state index in [9.17, 15) is 0 Å². The van der Waals surface area contributed by atoms with Gasteiger partial charge in [-0.1, -0.05) is 0 Å². The van der Waals surface area contributed by atoms with Gasteiger partial charge >= 0.3 is 82.7 Å². The number of nitrogens with zero attached hydrogens (tertiary/aromatic N) is 1. The molecule has 0 amide bonds. The van der Waals surface area contributed by atoms with Crippen LogP contribution in [0.15, 0.2) is 5.38 Å². The maximum absolute atomic E-state index is 4.56. The fraction of sp³-hybridized carbons (Fsp3) is 0.625. The summed E-state index contributed by atoms with van der Waals surface area (Å²) in [6.45, 7) is 2.23. The molecule has 0 unspecified atom stereocenters. The Labute approximate surface area is 82.5 Å². The van der Waals surface area contributed by atoms with Crippen molar-refractivity contribution in [1.82, 2.24) is 4.98 Å². The summed E-state index contributed by atoms with van der Waals surface area (Å²) in [6.07, 6.45) is 3.75. The van der Waals surface area contributed by atoms with Crippen LogP contribution in [0.5, 0.6) is 0 Å². The van der Waals surface area contributed by atoms with Gasteiger partial charge in [0.15, 0.2) is 0 Å². The molecular weight excluding hydrogens is 261 g/mol. The molecule has 11 heavy (non-hydrogen) atoms. The third kappa shape index (κ3) is 3.11. The van der Waals surface area contributed by atoms with Crippen LogP contribution in [0.1, 0.15) is 25.5 Å². The van der Waals surface area contributed by atoms with E-state index in [4.69, 9.17) is 0 Å². The van der Waals surface area contributed by atoms with E-state index in [1.54, 1.807) is 0 Å². The van der Waals surface area contributed by atoms with Crippen molar-refractivity contribution in [3.63, 3.8) is 0 Å². The molecule has 0 aliphatic carbocycles. The van der Waals surface area contributed by atoms with Crippen LogP contribution in [0.25, 0.3) is 0 Å². The monoisotopic (exact) mass is 275 g/mol. The van der Waals surface area contributed by atoms with Crippen LogP contribution >= 0.6 is 11.3 Å². The Morgan fingerprint density at radius 3 is 3.00 bits per heavy atom. The molecular formula is C8H13NSSn. The zero-order chi connectivity index (χ0) is 8.10. The van der Waals surface area contributed by atoms with Gasteiger partial charge in [0.25, 0.3) is 0 Å². The Morgan fingerprint density at radius 1 is 1.64 bits per heavy atom. The third-order valence-corrected chi connectivity index (χ3v) is 6.17. The summed E-state index contributed by atoms with van der Waals surface area (Å²) in [5.41, 5.74) is 1.33. The minimum atomic E-state index is -0.247. The predicted molar refractivity (Wildman–Crippen MR) is 52.0 cm³/mol. The fourth-order valence-electron chi connectivity index (χ4n) is 0.895. The number of hydrogen-bond acceptors (Lipinski definition) is 2. The van der Waals surface area contributed by atoms with Gasteiger partial charge in [0, 0.05) is 0 Å². The van der Waals surface area contributed by atoms with Gasteiger partial charge in [-0.3, -0.25) is 0 Å². The number of rotatable bonds is 4. The maximum atomic E-state index is 4.56. The molecule has 1 aromatic heterocycles. The van der Waals surface area contributed by atoms with Gasteiger partial charge in [-0.15, -0.1) is 0 Å². The average molecular weight is 274 g/mol. The van der Waals surface area contributed by atoms with Crippen molar-refractivity contribution in [2.24, 2.45) is 0 Å². The van der Waals surface area contributed by atoms with Gasteiger partial charge < -0.3 is 0 Å². The van der Waals surface area contributed by atoms with Gasteiger partial charge in [0.2, 0.25) is 0 Å². The first-order valence-electron chi connectivity index (χ1n) is 3.99. The van der Waals surface area contributed by atoms with Crippen molar-refractivity contribution in [2.45, 2.75) is 31.1 Å². The first-order valence-corrected chi connectivity index (χ1v) is 9.15. The van der Waals surface area contributed by atoms with Gasteiger partial charge in [0.1, 0.15) is 0 Å². The molecule has 60 valence electrons. The second kappa shape index (κ2) is 5.14. The van der Waals surface area contributed by atoms with Crippen molar-refractivity contribution in [3.05, 3.63) is 11.1 Å². The van der Waals surface area contributed by atoms with E-state index in [0.717, 1.165) is 0 Å². The quantitative estimate of drug-likeness (QED) is 0.764. The normalized spacial score (nSPS) is 10.4. The van der Waals surface area contributed by atoms with E-state index in [-0.39, 0.29) is 21.1 Å². The zero-order valence-electron chi connectivity index (χ0n) is 7.05. The summed E-state index contributed by atoms with van der Waals surface area (Å²) >= 11 is 1.62. The number of unbranched alkanes of at least 4 members (excludes halogenated alkanes) is 1. The van der Waals surface area contributed by atoms with Gasteiger partial charge in [-0.05, 0) is 0 Å². The molecule has 0 fully saturated rings. The Bertz CT molecular complexity index is 210. The number of aromatic nitrogens is 1. The van der Waals surface area contributed by atoms with Crippen molar-refractivity contribution in [3.8, 4) is 0 Å². The van der Waals surface area contributed by atoms with E-state index in [1.165, 1.54) is 28.0 Å². The van der Waals surface area contributed by atoms with Crippen molar-refractivity contribution in [2.75, 3.05) is 0 Å². The molecule has 0 aromatic carbocycles. The zero-order valence-corrected chi connectivity index (χ0v) is 10.7. The molecule has 0 atom stereocenters. The van der Waals surface area contributed by atoms with Crippen LogP contribution in [-0.2, 0) is 6.42 Å². The van der Waals surface area contributed by atoms with E-state index < -0.39 is 0 Å². The first kappa shape index (κ1) is 9.52. The van der Waals surface area contributed by atoms with Crippen LogP contribution in [0.4, 0.5) is 0 Å². The SMILES string of the molecule is CCCCc1cs[c]([Sn][CH3])n1. The molecule has 1 aromatic rings. The summed E-state index contributed by atoms with van der Waals surface area (Å²) < 4.78 is 1.44. The van der Waals surface area contributed by atoms with Gasteiger partial charge in [-0.25, -0.2) is 0 Å². The fourth-order valence-corrected chi connectivity index (χ4v) is 3.84. The summed E-state index contributed by atoms with van der Waals surface area (Å²) in [5, 5.41) is 2.23. The molecule has 0 saturated carbocycles. The van der Waals surface area contributed by atoms with Crippen LogP contribution in [0.3, 0.4) is 0 Å². The van der Waals surface area contributed by atoms with Gasteiger partial charge in [-0.2, -0.15) is 0 Å². The molecule has 3 heteroatoms. The first-order chi connectivity index (χ1) is 5.36. The second-order valence-corrected chi connectivity index (χ2v) is 7.17. The Kier molecular flexibility index (Phi) is 4.45. The molecule has 1 nitrogen and oxygen atoms in total. The average Bonchev–Trinajstić information content (AvgIpc) is 2.48. The number of hydrogen-bond donors (Lipinski definition) is 0. The van der Waals surface area contributed by atoms with Crippen LogP contribution in [0.2, 0.25) is 4.94 Å². The molecule has 0 saturated heterocycles. The summed E-state index contributed by atoms with van der Waals surface area (Å²) in [4.78, 5) is 6.89. The topological polar surface area (TPSA) is 12.9 Å². The van der Waals surface area contributed by atoms with Crippen LogP contribution in [0, 0.1) is 0 Å². The van der Waals surface area contributed by atoms with E-state index in [1.807, 2.05) is 11.3 Å². The van der Waals surface area contributed by atoms with Crippen LogP contribution in [-0.4, -0.2) is 26.1 Å². The Balaban J connectivity index is 2.44. The molecule has 0 spiro atoms. The van der Waals surface area contributed by atoms with Crippen molar-refractivity contribution < 1.29 is 0 Å². The van der Waals surface area contributed by atoms with E-state index >= 15 is 0 Å². The second-order valence-electron chi connectivity index (χ2n) is 2.50. The van der Waals surface area contributed by atoms with Crippen molar-refractivity contribution >= 4 is 35.5 Å². The molecule has 0 aliphatic rings. The summed E-state index contributed by atoms with van der Waals surface area (Å²) in [5.74, 6) is 0. The van der Waals surface area contributed by atoms with E-state index in [2.05, 4.69) is 22.2 Å². The standard InChI is InChI=1S/C7H10NS.CH3.Sn/c1-2-3-4-7-5-9-6-8-7;;/h5H,2-4H2,1H3;1H3;. The van der Waals surface area contributed by atoms with Crippen LogP contribution < -0.4 is 3.02 Å². The number of thiazole rings is 1. The Morgan fingerprint density at radius 2 is 2.45 bits per heavy atom.